The van der Waals surface area contributed by atoms with Crippen molar-refractivity contribution >= 4 is 28.4 Å². The van der Waals surface area contributed by atoms with E-state index in [9.17, 15) is 9.59 Å². The number of carbonyl (C=O) groups is 1. The summed E-state index contributed by atoms with van der Waals surface area (Å²) in [6, 6.07) is 13.3. The van der Waals surface area contributed by atoms with Crippen molar-refractivity contribution in [3.63, 3.8) is 0 Å². The third-order valence-corrected chi connectivity index (χ3v) is 6.64. The van der Waals surface area contributed by atoms with Crippen LogP contribution in [0.15, 0.2) is 52.4 Å². The summed E-state index contributed by atoms with van der Waals surface area (Å²) in [6.07, 6.45) is 1.94. The van der Waals surface area contributed by atoms with Gasteiger partial charge in [0.15, 0.2) is 10.9 Å². The Morgan fingerprint density at radius 2 is 2.07 bits per heavy atom. The molecule has 1 aliphatic rings. The SMILES string of the molecule is Cc1ccc(C)c(C(=O)[C@H](C)Sc2nc3ccccc3c(=O)n2C[C@@H]2CCCO2)c1. The Balaban J connectivity index is 1.70. The fourth-order valence-corrected chi connectivity index (χ4v) is 4.81. The number of aromatic nitrogens is 2. The maximum absolute atomic E-state index is 13.2. The van der Waals surface area contributed by atoms with Crippen LogP contribution < -0.4 is 5.56 Å². The Morgan fingerprint density at radius 1 is 1.27 bits per heavy atom. The molecular weight excluding hydrogens is 396 g/mol. The van der Waals surface area contributed by atoms with Crippen LogP contribution in [0.1, 0.15) is 41.3 Å². The lowest BCUT2D eigenvalue weighted by Gasteiger charge is -2.19. The summed E-state index contributed by atoms with van der Waals surface area (Å²) >= 11 is 1.35. The zero-order valence-corrected chi connectivity index (χ0v) is 18.4. The standard InChI is InChI=1S/C24H26N2O3S/c1-15-10-11-16(2)20(13-15)22(27)17(3)30-24-25-21-9-5-4-8-19(21)23(28)26(24)14-18-7-6-12-29-18/h4-5,8-11,13,17-18H,6-7,12,14H2,1-3H3/t17-,18-/m0/s1. The summed E-state index contributed by atoms with van der Waals surface area (Å²) in [4.78, 5) is 31.1. The minimum absolute atomic E-state index is 0.00929. The molecule has 5 nitrogen and oxygen atoms in total. The van der Waals surface area contributed by atoms with E-state index >= 15 is 0 Å². The van der Waals surface area contributed by atoms with Crippen molar-refractivity contribution < 1.29 is 9.53 Å². The number of rotatable bonds is 6. The number of fused-ring (bicyclic) bond motifs is 1. The predicted octanol–water partition coefficient (Wildman–Crippen LogP) is 4.56. The summed E-state index contributed by atoms with van der Waals surface area (Å²) in [5.74, 6) is 0.0484. The van der Waals surface area contributed by atoms with E-state index in [0.29, 0.717) is 22.6 Å². The zero-order chi connectivity index (χ0) is 21.3. The zero-order valence-electron chi connectivity index (χ0n) is 17.6. The average Bonchev–Trinajstić information content (AvgIpc) is 3.25. The van der Waals surface area contributed by atoms with Gasteiger partial charge in [-0.15, -0.1) is 0 Å². The van der Waals surface area contributed by atoms with Gasteiger partial charge in [-0.3, -0.25) is 14.2 Å². The van der Waals surface area contributed by atoms with E-state index < -0.39 is 0 Å². The Hall–Kier alpha value is -2.44. The summed E-state index contributed by atoms with van der Waals surface area (Å²) in [6.45, 7) is 7.00. The van der Waals surface area contributed by atoms with Gasteiger partial charge in [0.1, 0.15) is 0 Å². The number of para-hydroxylation sites is 1. The van der Waals surface area contributed by atoms with Crippen LogP contribution in [0.3, 0.4) is 0 Å². The second-order valence-corrected chi connectivity index (χ2v) is 9.21. The molecule has 0 N–H and O–H groups in total. The number of Topliss-reactive ketones (excluding diaryl/α,β-unsaturated/α-hetero) is 1. The van der Waals surface area contributed by atoms with Crippen molar-refractivity contribution in [2.24, 2.45) is 0 Å². The first-order valence-corrected chi connectivity index (χ1v) is 11.2. The molecule has 6 heteroatoms. The van der Waals surface area contributed by atoms with Crippen LogP contribution in [-0.4, -0.2) is 33.3 Å². The van der Waals surface area contributed by atoms with Crippen LogP contribution in [0.25, 0.3) is 10.9 Å². The van der Waals surface area contributed by atoms with Crippen LogP contribution in [-0.2, 0) is 11.3 Å². The molecule has 0 spiro atoms. The second kappa shape index (κ2) is 8.74. The number of ether oxygens (including phenoxy) is 1. The number of benzene rings is 2. The maximum Gasteiger partial charge on any atom is 0.262 e. The van der Waals surface area contributed by atoms with E-state index in [1.165, 1.54) is 11.8 Å². The van der Waals surface area contributed by atoms with Gasteiger partial charge < -0.3 is 4.74 Å². The smallest absolute Gasteiger partial charge is 0.262 e. The molecule has 156 valence electrons. The molecule has 1 saturated heterocycles. The van der Waals surface area contributed by atoms with Gasteiger partial charge in [0.2, 0.25) is 0 Å². The average molecular weight is 423 g/mol. The van der Waals surface area contributed by atoms with Gasteiger partial charge in [0, 0.05) is 12.2 Å². The lowest BCUT2D eigenvalue weighted by atomic mass is 10.0. The van der Waals surface area contributed by atoms with Gasteiger partial charge in [-0.1, -0.05) is 41.6 Å². The molecule has 4 rings (SSSR count). The Kier molecular flexibility index (Phi) is 6.06. The third-order valence-electron chi connectivity index (χ3n) is 5.55. The normalized spacial score (nSPS) is 17.4. The fraction of sp³-hybridized carbons (Fsp3) is 0.375. The first-order valence-electron chi connectivity index (χ1n) is 10.3. The summed E-state index contributed by atoms with van der Waals surface area (Å²) in [5, 5.41) is 0.794. The fourth-order valence-electron chi connectivity index (χ4n) is 3.82. The van der Waals surface area contributed by atoms with E-state index in [-0.39, 0.29) is 22.7 Å². The number of ketones is 1. The van der Waals surface area contributed by atoms with Crippen LogP contribution >= 0.6 is 11.8 Å². The van der Waals surface area contributed by atoms with Crippen LogP contribution in [0.4, 0.5) is 0 Å². The molecule has 1 aromatic heterocycles. The van der Waals surface area contributed by atoms with Gasteiger partial charge in [-0.05, 0) is 57.4 Å². The highest BCUT2D eigenvalue weighted by Crippen LogP contribution is 2.27. The number of hydrogen-bond donors (Lipinski definition) is 0. The molecule has 2 atom stereocenters. The number of aryl methyl sites for hydroxylation is 2. The number of carbonyl (C=O) groups excluding carboxylic acids is 1. The third kappa shape index (κ3) is 4.20. The predicted molar refractivity (Wildman–Crippen MR) is 121 cm³/mol. The van der Waals surface area contributed by atoms with Gasteiger partial charge in [-0.2, -0.15) is 0 Å². The first-order chi connectivity index (χ1) is 14.4. The molecule has 2 heterocycles. The van der Waals surface area contributed by atoms with Gasteiger partial charge in [0.25, 0.3) is 5.56 Å². The Morgan fingerprint density at radius 3 is 2.83 bits per heavy atom. The molecule has 1 fully saturated rings. The quantitative estimate of drug-likeness (QED) is 0.331. The lowest BCUT2D eigenvalue weighted by molar-refractivity contribution is 0.0937. The minimum Gasteiger partial charge on any atom is -0.376 e. The summed E-state index contributed by atoms with van der Waals surface area (Å²) in [5.41, 5.74) is 3.32. The molecular formula is C24H26N2O3S. The molecule has 0 radical (unpaired) electrons. The topological polar surface area (TPSA) is 61.2 Å². The van der Waals surface area contributed by atoms with E-state index in [0.717, 1.165) is 36.1 Å². The first kappa shape index (κ1) is 20.8. The van der Waals surface area contributed by atoms with Crippen LogP contribution in [0, 0.1) is 13.8 Å². The van der Waals surface area contributed by atoms with E-state index in [4.69, 9.17) is 9.72 Å². The number of thioether (sulfide) groups is 1. The second-order valence-electron chi connectivity index (χ2n) is 7.91. The lowest BCUT2D eigenvalue weighted by Crippen LogP contribution is -2.29. The van der Waals surface area contributed by atoms with Crippen molar-refractivity contribution in [1.29, 1.82) is 0 Å². The van der Waals surface area contributed by atoms with Crippen LogP contribution in [0.2, 0.25) is 0 Å². The molecule has 1 aliphatic heterocycles. The highest BCUT2D eigenvalue weighted by molar-refractivity contribution is 8.00. The van der Waals surface area contributed by atoms with E-state index in [1.807, 2.05) is 57.2 Å². The van der Waals surface area contributed by atoms with Crippen molar-refractivity contribution in [2.45, 2.75) is 56.7 Å². The molecule has 3 aromatic rings. The van der Waals surface area contributed by atoms with Gasteiger partial charge in [0.05, 0.1) is 28.8 Å². The minimum atomic E-state index is -0.366. The Labute approximate surface area is 180 Å². The Bertz CT molecular complexity index is 1150. The molecule has 2 aromatic carbocycles. The van der Waals surface area contributed by atoms with Crippen molar-refractivity contribution in [3.8, 4) is 0 Å². The summed E-state index contributed by atoms with van der Waals surface area (Å²) < 4.78 is 7.46. The number of nitrogens with zero attached hydrogens (tertiary/aromatic N) is 2. The molecule has 0 bridgehead atoms. The molecule has 30 heavy (non-hydrogen) atoms. The van der Waals surface area contributed by atoms with Crippen molar-refractivity contribution in [1.82, 2.24) is 9.55 Å². The highest BCUT2D eigenvalue weighted by Gasteiger charge is 2.24. The van der Waals surface area contributed by atoms with Gasteiger partial charge in [-0.25, -0.2) is 4.98 Å². The maximum atomic E-state index is 13.2. The highest BCUT2D eigenvalue weighted by atomic mass is 32.2. The largest absolute Gasteiger partial charge is 0.376 e. The molecule has 0 saturated carbocycles. The molecule has 0 aliphatic carbocycles. The molecule has 0 amide bonds. The van der Waals surface area contributed by atoms with E-state index in [2.05, 4.69) is 0 Å². The summed E-state index contributed by atoms with van der Waals surface area (Å²) in [7, 11) is 0. The monoisotopic (exact) mass is 422 g/mol. The van der Waals surface area contributed by atoms with E-state index in [1.54, 1.807) is 10.6 Å². The van der Waals surface area contributed by atoms with Crippen LogP contribution in [0.5, 0.6) is 0 Å². The van der Waals surface area contributed by atoms with Crippen molar-refractivity contribution in [2.75, 3.05) is 6.61 Å². The van der Waals surface area contributed by atoms with Crippen molar-refractivity contribution in [3.05, 3.63) is 69.5 Å². The number of hydrogen-bond acceptors (Lipinski definition) is 5. The molecule has 0 unspecified atom stereocenters. The van der Waals surface area contributed by atoms with Gasteiger partial charge >= 0.3 is 0 Å².